The molecule has 0 atom stereocenters. The van der Waals surface area contributed by atoms with Gasteiger partial charge in [0, 0.05) is 11.8 Å². The molecule has 0 aliphatic rings. The molecule has 5 nitrogen and oxygen atoms in total. The van der Waals surface area contributed by atoms with E-state index in [-0.39, 0.29) is 0 Å². The number of hydrogen-bond donors (Lipinski definition) is 2. The highest BCUT2D eigenvalue weighted by atomic mass is 79.9. The Bertz CT molecular complexity index is 360. The van der Waals surface area contributed by atoms with Gasteiger partial charge in [-0.15, -0.1) is 0 Å². The Hall–Kier alpha value is -1.43. The first-order chi connectivity index (χ1) is 6.59. The molecule has 0 radical (unpaired) electrons. The van der Waals surface area contributed by atoms with E-state index in [1.54, 1.807) is 19.2 Å². The summed E-state index contributed by atoms with van der Waals surface area (Å²) in [6, 6.07) is 2.94. The SMILES string of the molecule is CC(=NNC(N)=O)c1ccc(Br)nc1. The lowest BCUT2D eigenvalue weighted by Gasteiger charge is -1.99. The summed E-state index contributed by atoms with van der Waals surface area (Å²) in [6.45, 7) is 1.75. The summed E-state index contributed by atoms with van der Waals surface area (Å²) in [5, 5.41) is 3.76. The van der Waals surface area contributed by atoms with Crippen LogP contribution in [0.2, 0.25) is 0 Å². The molecular weight excluding hydrogens is 248 g/mol. The highest BCUT2D eigenvalue weighted by molar-refractivity contribution is 9.10. The van der Waals surface area contributed by atoms with Crippen LogP contribution in [0.25, 0.3) is 0 Å². The molecule has 0 saturated heterocycles. The molecule has 0 aliphatic heterocycles. The maximum Gasteiger partial charge on any atom is 0.332 e. The van der Waals surface area contributed by atoms with Gasteiger partial charge in [0.1, 0.15) is 4.60 Å². The Balaban J connectivity index is 2.78. The molecule has 0 spiro atoms. The van der Waals surface area contributed by atoms with E-state index in [0.717, 1.165) is 10.2 Å². The minimum atomic E-state index is -0.686. The number of pyridine rings is 1. The Kier molecular flexibility index (Phi) is 3.58. The van der Waals surface area contributed by atoms with E-state index in [0.29, 0.717) is 5.71 Å². The van der Waals surface area contributed by atoms with Crippen molar-refractivity contribution in [1.29, 1.82) is 0 Å². The van der Waals surface area contributed by atoms with Crippen LogP contribution in [-0.2, 0) is 0 Å². The van der Waals surface area contributed by atoms with E-state index >= 15 is 0 Å². The third kappa shape index (κ3) is 3.14. The van der Waals surface area contributed by atoms with Crippen molar-refractivity contribution in [1.82, 2.24) is 10.4 Å². The van der Waals surface area contributed by atoms with Gasteiger partial charge in [-0.1, -0.05) is 0 Å². The minimum absolute atomic E-state index is 0.642. The first-order valence-electron chi connectivity index (χ1n) is 3.81. The monoisotopic (exact) mass is 256 g/mol. The normalized spacial score (nSPS) is 11.1. The maximum absolute atomic E-state index is 10.4. The minimum Gasteiger partial charge on any atom is -0.350 e. The van der Waals surface area contributed by atoms with Crippen molar-refractivity contribution in [2.45, 2.75) is 6.92 Å². The predicted molar refractivity (Wildman–Crippen MR) is 56.9 cm³/mol. The van der Waals surface area contributed by atoms with Gasteiger partial charge in [-0.2, -0.15) is 5.10 Å². The standard InChI is InChI=1S/C8H9BrN4O/c1-5(12-13-8(10)14)6-2-3-7(9)11-4-6/h2-4H,1H3,(H3,10,13,14). The van der Waals surface area contributed by atoms with Gasteiger partial charge in [-0.25, -0.2) is 15.2 Å². The summed E-state index contributed by atoms with van der Waals surface area (Å²) < 4.78 is 0.747. The zero-order valence-corrected chi connectivity index (χ0v) is 9.08. The Morgan fingerprint density at radius 2 is 2.36 bits per heavy atom. The lowest BCUT2D eigenvalue weighted by molar-refractivity contribution is 0.249. The van der Waals surface area contributed by atoms with Crippen LogP contribution in [0.1, 0.15) is 12.5 Å². The third-order valence-electron chi connectivity index (χ3n) is 1.48. The van der Waals surface area contributed by atoms with Crippen LogP contribution in [-0.4, -0.2) is 16.7 Å². The van der Waals surface area contributed by atoms with Gasteiger partial charge in [-0.05, 0) is 35.0 Å². The smallest absolute Gasteiger partial charge is 0.332 e. The van der Waals surface area contributed by atoms with Crippen molar-refractivity contribution >= 4 is 27.7 Å². The molecule has 14 heavy (non-hydrogen) atoms. The molecule has 1 aromatic rings. The number of carbonyl (C=O) groups excluding carboxylic acids is 1. The van der Waals surface area contributed by atoms with Gasteiger partial charge >= 0.3 is 6.03 Å². The summed E-state index contributed by atoms with van der Waals surface area (Å²) in [5.74, 6) is 0. The largest absolute Gasteiger partial charge is 0.350 e. The van der Waals surface area contributed by atoms with E-state index < -0.39 is 6.03 Å². The summed E-state index contributed by atoms with van der Waals surface area (Å²) in [4.78, 5) is 14.4. The summed E-state index contributed by atoms with van der Waals surface area (Å²) in [7, 11) is 0. The van der Waals surface area contributed by atoms with Crippen LogP contribution in [0, 0.1) is 0 Å². The molecular formula is C8H9BrN4O. The predicted octanol–water partition coefficient (Wildman–Crippen LogP) is 1.24. The second-order valence-electron chi connectivity index (χ2n) is 2.54. The van der Waals surface area contributed by atoms with Crippen LogP contribution in [0.5, 0.6) is 0 Å². The number of aromatic nitrogens is 1. The molecule has 0 bridgehead atoms. The number of nitrogens with two attached hydrogens (primary N) is 1. The quantitative estimate of drug-likeness (QED) is 0.474. The van der Waals surface area contributed by atoms with Gasteiger partial charge in [-0.3, -0.25) is 0 Å². The number of hydrazone groups is 1. The lowest BCUT2D eigenvalue weighted by atomic mass is 10.2. The molecule has 0 aromatic carbocycles. The van der Waals surface area contributed by atoms with Gasteiger partial charge in [0.15, 0.2) is 0 Å². The molecule has 0 unspecified atom stereocenters. The fourth-order valence-electron chi connectivity index (χ4n) is 0.793. The van der Waals surface area contributed by atoms with Crippen LogP contribution < -0.4 is 11.2 Å². The van der Waals surface area contributed by atoms with Crippen LogP contribution in [0.3, 0.4) is 0 Å². The highest BCUT2D eigenvalue weighted by Crippen LogP contribution is 2.06. The first-order valence-corrected chi connectivity index (χ1v) is 4.60. The average Bonchev–Trinajstić information content (AvgIpc) is 2.15. The number of primary amides is 1. The van der Waals surface area contributed by atoms with Gasteiger partial charge in [0.2, 0.25) is 0 Å². The molecule has 6 heteroatoms. The summed E-state index contributed by atoms with van der Waals surface area (Å²) in [5.41, 5.74) is 8.47. The van der Waals surface area contributed by atoms with Crippen molar-refractivity contribution in [3.63, 3.8) is 0 Å². The molecule has 74 valence electrons. The number of rotatable bonds is 2. The van der Waals surface area contributed by atoms with Crippen LogP contribution in [0.15, 0.2) is 28.0 Å². The Morgan fingerprint density at radius 3 is 2.86 bits per heavy atom. The number of carbonyl (C=O) groups is 1. The zero-order valence-electron chi connectivity index (χ0n) is 7.49. The summed E-state index contributed by atoms with van der Waals surface area (Å²) >= 11 is 3.22. The van der Waals surface area contributed by atoms with Crippen molar-refractivity contribution in [2.75, 3.05) is 0 Å². The van der Waals surface area contributed by atoms with E-state index in [9.17, 15) is 4.79 Å². The Labute approximate surface area is 89.5 Å². The lowest BCUT2D eigenvalue weighted by Crippen LogP contribution is -2.25. The van der Waals surface area contributed by atoms with Gasteiger partial charge in [0.05, 0.1) is 5.71 Å². The average molecular weight is 257 g/mol. The number of halogens is 1. The second kappa shape index (κ2) is 4.71. The second-order valence-corrected chi connectivity index (χ2v) is 3.36. The highest BCUT2D eigenvalue weighted by Gasteiger charge is 1.98. The van der Waals surface area contributed by atoms with E-state index in [4.69, 9.17) is 5.73 Å². The zero-order chi connectivity index (χ0) is 10.6. The number of nitrogens with zero attached hydrogens (tertiary/aromatic N) is 2. The molecule has 0 aliphatic carbocycles. The van der Waals surface area contributed by atoms with Crippen molar-refractivity contribution in [3.05, 3.63) is 28.5 Å². The number of nitrogens with one attached hydrogen (secondary N) is 1. The fraction of sp³-hybridized carbons (Fsp3) is 0.125. The first kappa shape index (κ1) is 10.6. The molecule has 2 amide bonds. The van der Waals surface area contributed by atoms with Crippen LogP contribution >= 0.6 is 15.9 Å². The van der Waals surface area contributed by atoms with Crippen LogP contribution in [0.4, 0.5) is 4.79 Å². The number of amides is 2. The molecule has 1 heterocycles. The fourth-order valence-corrected chi connectivity index (χ4v) is 1.03. The van der Waals surface area contributed by atoms with Crippen molar-refractivity contribution in [2.24, 2.45) is 10.8 Å². The molecule has 3 N–H and O–H groups in total. The van der Waals surface area contributed by atoms with E-state index in [1.165, 1.54) is 0 Å². The molecule has 0 fully saturated rings. The molecule has 0 saturated carbocycles. The molecule has 1 rings (SSSR count). The van der Waals surface area contributed by atoms with Crippen molar-refractivity contribution < 1.29 is 4.79 Å². The summed E-state index contributed by atoms with van der Waals surface area (Å²) in [6.07, 6.45) is 1.64. The van der Waals surface area contributed by atoms with Gasteiger partial charge in [0.25, 0.3) is 0 Å². The van der Waals surface area contributed by atoms with E-state index in [1.807, 2.05) is 6.07 Å². The van der Waals surface area contributed by atoms with E-state index in [2.05, 4.69) is 31.4 Å². The Morgan fingerprint density at radius 1 is 1.64 bits per heavy atom. The van der Waals surface area contributed by atoms with Crippen molar-refractivity contribution in [3.8, 4) is 0 Å². The third-order valence-corrected chi connectivity index (χ3v) is 1.95. The number of urea groups is 1. The van der Waals surface area contributed by atoms with Gasteiger partial charge < -0.3 is 5.73 Å². The maximum atomic E-state index is 10.4. The topological polar surface area (TPSA) is 80.4 Å². The number of hydrogen-bond acceptors (Lipinski definition) is 3. The molecule has 1 aromatic heterocycles.